The monoisotopic (exact) mass is 345 g/mol. The number of ether oxygens (including phenoxy) is 1. The first kappa shape index (κ1) is 15.1. The van der Waals surface area contributed by atoms with Gasteiger partial charge in [0.2, 0.25) is 0 Å². The first-order valence-electron chi connectivity index (χ1n) is 7.07. The van der Waals surface area contributed by atoms with Crippen molar-refractivity contribution in [1.29, 1.82) is 0 Å². The Morgan fingerprint density at radius 2 is 1.95 bits per heavy atom. The third-order valence-electron chi connectivity index (χ3n) is 3.54. The maximum atomic E-state index is 5.90. The van der Waals surface area contributed by atoms with Gasteiger partial charge >= 0.3 is 0 Å². The Bertz CT molecular complexity index is 392. The SMILES string of the molecule is Clc1ccc(OCCNC2CCCCCC2)c(Br)c1. The summed E-state index contributed by atoms with van der Waals surface area (Å²) in [5, 5.41) is 4.31. The molecule has 0 amide bonds. The number of hydrogen-bond donors (Lipinski definition) is 1. The predicted molar refractivity (Wildman–Crippen MR) is 84.1 cm³/mol. The van der Waals surface area contributed by atoms with Crippen molar-refractivity contribution < 1.29 is 4.74 Å². The maximum Gasteiger partial charge on any atom is 0.133 e. The van der Waals surface area contributed by atoms with Gasteiger partial charge < -0.3 is 10.1 Å². The summed E-state index contributed by atoms with van der Waals surface area (Å²) in [4.78, 5) is 0. The van der Waals surface area contributed by atoms with E-state index in [9.17, 15) is 0 Å². The minimum Gasteiger partial charge on any atom is -0.491 e. The lowest BCUT2D eigenvalue weighted by Crippen LogP contribution is -2.32. The molecule has 1 aliphatic carbocycles. The lowest BCUT2D eigenvalue weighted by atomic mass is 10.1. The van der Waals surface area contributed by atoms with Crippen LogP contribution in [0.3, 0.4) is 0 Å². The summed E-state index contributed by atoms with van der Waals surface area (Å²) in [6.07, 6.45) is 8.14. The van der Waals surface area contributed by atoms with Crippen LogP contribution in [-0.4, -0.2) is 19.2 Å². The standard InChI is InChI=1S/C15H21BrClNO/c16-14-11-12(17)7-8-15(14)19-10-9-18-13-5-3-1-2-4-6-13/h7-8,11,13,18H,1-6,9-10H2. The molecule has 1 N–H and O–H groups in total. The lowest BCUT2D eigenvalue weighted by Gasteiger charge is -2.16. The molecule has 0 spiro atoms. The molecule has 2 rings (SSSR count). The van der Waals surface area contributed by atoms with Crippen molar-refractivity contribution in [3.8, 4) is 5.75 Å². The Balaban J connectivity index is 1.68. The van der Waals surface area contributed by atoms with E-state index in [1.165, 1.54) is 38.5 Å². The minimum absolute atomic E-state index is 0.680. The van der Waals surface area contributed by atoms with Crippen LogP contribution >= 0.6 is 27.5 Å². The van der Waals surface area contributed by atoms with Gasteiger partial charge in [0, 0.05) is 17.6 Å². The van der Waals surface area contributed by atoms with E-state index in [1.54, 1.807) is 0 Å². The van der Waals surface area contributed by atoms with Crippen LogP contribution in [0, 0.1) is 0 Å². The molecule has 4 heteroatoms. The molecule has 0 unspecified atom stereocenters. The summed E-state index contributed by atoms with van der Waals surface area (Å²) in [6.45, 7) is 1.59. The zero-order valence-electron chi connectivity index (χ0n) is 11.1. The molecule has 19 heavy (non-hydrogen) atoms. The Hall–Kier alpha value is -0.250. The van der Waals surface area contributed by atoms with Gasteiger partial charge in [-0.1, -0.05) is 37.3 Å². The molecule has 1 aromatic rings. The van der Waals surface area contributed by atoms with Crippen LogP contribution in [0.2, 0.25) is 5.02 Å². The molecule has 0 bridgehead atoms. The minimum atomic E-state index is 0.680. The third-order valence-corrected chi connectivity index (χ3v) is 4.40. The highest BCUT2D eigenvalue weighted by Crippen LogP contribution is 2.27. The van der Waals surface area contributed by atoms with E-state index < -0.39 is 0 Å². The maximum absolute atomic E-state index is 5.90. The molecule has 0 radical (unpaired) electrons. The first-order chi connectivity index (χ1) is 9.25. The molecule has 0 aromatic heterocycles. The van der Waals surface area contributed by atoms with Crippen molar-refractivity contribution in [3.05, 3.63) is 27.7 Å². The van der Waals surface area contributed by atoms with Crippen molar-refractivity contribution >= 4 is 27.5 Å². The fourth-order valence-corrected chi connectivity index (χ4v) is 3.30. The van der Waals surface area contributed by atoms with Gasteiger partial charge in [0.15, 0.2) is 0 Å². The van der Waals surface area contributed by atoms with Gasteiger partial charge in [0.1, 0.15) is 12.4 Å². The largest absolute Gasteiger partial charge is 0.491 e. The predicted octanol–water partition coefficient (Wildman–Crippen LogP) is 4.79. The number of rotatable bonds is 5. The fourth-order valence-electron chi connectivity index (χ4n) is 2.50. The van der Waals surface area contributed by atoms with E-state index in [1.807, 2.05) is 18.2 Å². The summed E-state index contributed by atoms with van der Waals surface area (Å²) < 4.78 is 6.66. The molecule has 0 atom stereocenters. The number of benzene rings is 1. The Kier molecular flexibility index (Phi) is 6.48. The Labute approximate surface area is 129 Å². The molecule has 1 fully saturated rings. The van der Waals surface area contributed by atoms with Crippen LogP contribution in [0.1, 0.15) is 38.5 Å². The van der Waals surface area contributed by atoms with Crippen LogP contribution in [0.15, 0.2) is 22.7 Å². The van der Waals surface area contributed by atoms with Crippen molar-refractivity contribution in [2.24, 2.45) is 0 Å². The summed E-state index contributed by atoms with van der Waals surface area (Å²) >= 11 is 9.35. The van der Waals surface area contributed by atoms with Crippen molar-refractivity contribution in [1.82, 2.24) is 5.32 Å². The van der Waals surface area contributed by atoms with Gasteiger partial charge in [-0.2, -0.15) is 0 Å². The topological polar surface area (TPSA) is 21.3 Å². The summed E-state index contributed by atoms with van der Waals surface area (Å²) in [5.74, 6) is 0.854. The van der Waals surface area contributed by atoms with Gasteiger partial charge in [0.05, 0.1) is 4.47 Å². The molecule has 0 aliphatic heterocycles. The Morgan fingerprint density at radius 3 is 2.63 bits per heavy atom. The van der Waals surface area contributed by atoms with Gasteiger partial charge in [-0.15, -0.1) is 0 Å². The summed E-state index contributed by atoms with van der Waals surface area (Å²) in [7, 11) is 0. The molecule has 106 valence electrons. The van der Waals surface area contributed by atoms with E-state index in [-0.39, 0.29) is 0 Å². The highest BCUT2D eigenvalue weighted by Gasteiger charge is 2.11. The number of halogens is 2. The Morgan fingerprint density at radius 1 is 1.21 bits per heavy atom. The molecular formula is C15H21BrClNO. The third kappa shape index (κ3) is 5.33. The van der Waals surface area contributed by atoms with Crippen LogP contribution < -0.4 is 10.1 Å². The van der Waals surface area contributed by atoms with Crippen LogP contribution in [-0.2, 0) is 0 Å². The van der Waals surface area contributed by atoms with Gasteiger partial charge in [-0.25, -0.2) is 0 Å². The number of nitrogens with one attached hydrogen (secondary N) is 1. The highest BCUT2D eigenvalue weighted by molar-refractivity contribution is 9.10. The molecular weight excluding hydrogens is 326 g/mol. The number of hydrogen-bond acceptors (Lipinski definition) is 2. The van der Waals surface area contributed by atoms with Crippen molar-refractivity contribution in [2.45, 2.75) is 44.6 Å². The van der Waals surface area contributed by atoms with E-state index in [0.29, 0.717) is 12.6 Å². The van der Waals surface area contributed by atoms with E-state index in [2.05, 4.69) is 21.2 Å². The molecule has 1 aliphatic rings. The second-order valence-electron chi connectivity index (χ2n) is 5.07. The van der Waals surface area contributed by atoms with Crippen LogP contribution in [0.5, 0.6) is 5.75 Å². The van der Waals surface area contributed by atoms with E-state index in [4.69, 9.17) is 16.3 Å². The van der Waals surface area contributed by atoms with Gasteiger partial charge in [0.25, 0.3) is 0 Å². The van der Waals surface area contributed by atoms with Gasteiger partial charge in [-0.3, -0.25) is 0 Å². The average molecular weight is 347 g/mol. The van der Waals surface area contributed by atoms with Crippen LogP contribution in [0.4, 0.5) is 0 Å². The molecule has 0 heterocycles. The lowest BCUT2D eigenvalue weighted by molar-refractivity contribution is 0.299. The second-order valence-corrected chi connectivity index (χ2v) is 6.36. The molecule has 1 saturated carbocycles. The molecule has 0 saturated heterocycles. The zero-order valence-corrected chi connectivity index (χ0v) is 13.5. The van der Waals surface area contributed by atoms with Gasteiger partial charge in [-0.05, 0) is 47.0 Å². The summed E-state index contributed by atoms with van der Waals surface area (Å²) in [5.41, 5.74) is 0. The normalized spacial score (nSPS) is 17.2. The zero-order chi connectivity index (χ0) is 13.5. The average Bonchev–Trinajstić information content (AvgIpc) is 2.65. The molecule has 2 nitrogen and oxygen atoms in total. The van der Waals surface area contributed by atoms with Crippen molar-refractivity contribution in [3.63, 3.8) is 0 Å². The van der Waals surface area contributed by atoms with E-state index >= 15 is 0 Å². The quantitative estimate of drug-likeness (QED) is 0.611. The van der Waals surface area contributed by atoms with Crippen molar-refractivity contribution in [2.75, 3.05) is 13.2 Å². The summed E-state index contributed by atoms with van der Waals surface area (Å²) in [6, 6.07) is 6.29. The van der Waals surface area contributed by atoms with Crippen LogP contribution in [0.25, 0.3) is 0 Å². The second kappa shape index (κ2) is 8.13. The fraction of sp³-hybridized carbons (Fsp3) is 0.600. The highest BCUT2D eigenvalue weighted by atomic mass is 79.9. The van der Waals surface area contributed by atoms with E-state index in [0.717, 1.165) is 21.8 Å². The smallest absolute Gasteiger partial charge is 0.133 e. The molecule has 1 aromatic carbocycles. The first-order valence-corrected chi connectivity index (χ1v) is 8.24.